The van der Waals surface area contributed by atoms with Crippen LogP contribution in [0.4, 0.5) is 20.2 Å². The van der Waals surface area contributed by atoms with Gasteiger partial charge in [-0.05, 0) is 63.0 Å². The van der Waals surface area contributed by atoms with Crippen molar-refractivity contribution >= 4 is 40.0 Å². The third kappa shape index (κ3) is 7.42. The Balaban J connectivity index is 1.69. The average molecular weight is 646 g/mol. The number of aromatic nitrogens is 3. The molecule has 1 atom stereocenters. The van der Waals surface area contributed by atoms with Gasteiger partial charge in [0.1, 0.15) is 21.5 Å². The molecule has 1 fully saturated rings. The van der Waals surface area contributed by atoms with Gasteiger partial charge in [-0.2, -0.15) is 4.90 Å². The van der Waals surface area contributed by atoms with Crippen LogP contribution in [0.2, 0.25) is 0 Å². The van der Waals surface area contributed by atoms with Gasteiger partial charge < -0.3 is 23.8 Å². The number of rotatable bonds is 4. The fourth-order valence-corrected chi connectivity index (χ4v) is 4.34. The number of ether oxygens (including phenoxy) is 3. The summed E-state index contributed by atoms with van der Waals surface area (Å²) >= 11 is 3.28. The zero-order chi connectivity index (χ0) is 30.8. The number of imide groups is 1. The van der Waals surface area contributed by atoms with Crippen molar-refractivity contribution in [1.82, 2.24) is 20.0 Å². The molecule has 1 aliphatic rings. The second kappa shape index (κ2) is 12.1. The lowest BCUT2D eigenvalue weighted by molar-refractivity contribution is -0.000894. The number of hydrogen-bond donors (Lipinski definition) is 1. The molecule has 13 nitrogen and oxygen atoms in total. The van der Waals surface area contributed by atoms with Gasteiger partial charge in [-0.3, -0.25) is 4.90 Å². The minimum Gasteiger partial charge on any atom is -0.465 e. The second-order valence-corrected chi connectivity index (χ2v) is 12.2. The predicted octanol–water partition coefficient (Wildman–Crippen LogP) is 6.29. The van der Waals surface area contributed by atoms with Crippen molar-refractivity contribution in [3.63, 3.8) is 0 Å². The summed E-state index contributed by atoms with van der Waals surface area (Å²) in [6, 6.07) is 8.33. The summed E-state index contributed by atoms with van der Waals surface area (Å²) in [4.78, 5) is 48.9. The highest BCUT2D eigenvalue weighted by atomic mass is 79.9. The highest BCUT2D eigenvalue weighted by Crippen LogP contribution is 2.34. The van der Waals surface area contributed by atoms with Gasteiger partial charge in [-0.1, -0.05) is 29.4 Å². The van der Waals surface area contributed by atoms with E-state index in [0.29, 0.717) is 27.4 Å². The number of benzene rings is 1. The molecule has 2 aromatic heterocycles. The summed E-state index contributed by atoms with van der Waals surface area (Å²) in [6.45, 7) is 10.9. The van der Waals surface area contributed by atoms with Gasteiger partial charge >= 0.3 is 18.3 Å². The maximum atomic E-state index is 13.2. The smallest absolute Gasteiger partial charge is 0.425 e. The van der Waals surface area contributed by atoms with Crippen LogP contribution in [0.25, 0.3) is 22.7 Å². The van der Waals surface area contributed by atoms with Crippen molar-refractivity contribution in [3.8, 4) is 22.7 Å². The molecular formula is C28H32BrN5O8. The van der Waals surface area contributed by atoms with E-state index < -0.39 is 35.5 Å². The second-order valence-electron chi connectivity index (χ2n) is 11.4. The largest absolute Gasteiger partial charge is 0.465 e. The fraction of sp³-hybridized carbons (Fsp3) is 0.429. The topological polar surface area (TPSA) is 157 Å². The molecule has 0 bridgehead atoms. The first-order valence-corrected chi connectivity index (χ1v) is 13.9. The molecule has 1 N–H and O–H groups in total. The van der Waals surface area contributed by atoms with E-state index >= 15 is 0 Å². The van der Waals surface area contributed by atoms with Crippen LogP contribution in [0.15, 0.2) is 45.7 Å². The van der Waals surface area contributed by atoms with Crippen LogP contribution in [-0.2, 0) is 14.2 Å². The number of morpholine rings is 1. The van der Waals surface area contributed by atoms with E-state index in [0.717, 1.165) is 5.56 Å². The molecule has 1 saturated heterocycles. The number of carbonyl (C=O) groups excluding carboxylic acids is 2. The van der Waals surface area contributed by atoms with Gasteiger partial charge in [0, 0.05) is 18.2 Å². The Morgan fingerprint density at radius 1 is 1.05 bits per heavy atom. The monoisotopic (exact) mass is 645 g/mol. The van der Waals surface area contributed by atoms with Crippen molar-refractivity contribution in [2.75, 3.05) is 24.7 Å². The number of nitrogens with zero attached hydrogens (tertiary/aromatic N) is 5. The number of halogens is 1. The first kappa shape index (κ1) is 30.9. The molecule has 1 aliphatic heterocycles. The van der Waals surface area contributed by atoms with Crippen LogP contribution in [0.5, 0.6) is 0 Å². The molecule has 3 amide bonds. The minimum atomic E-state index is -1.01. The lowest BCUT2D eigenvalue weighted by Crippen LogP contribution is -2.44. The Labute approximate surface area is 250 Å². The first-order chi connectivity index (χ1) is 19.6. The molecule has 0 aliphatic carbocycles. The molecule has 42 heavy (non-hydrogen) atoms. The van der Waals surface area contributed by atoms with Gasteiger partial charge in [-0.25, -0.2) is 24.4 Å². The molecule has 224 valence electrons. The van der Waals surface area contributed by atoms with Gasteiger partial charge in [-0.15, -0.1) is 0 Å². The summed E-state index contributed by atoms with van der Waals surface area (Å²) in [7, 11) is 0. The van der Waals surface area contributed by atoms with Gasteiger partial charge in [0.15, 0.2) is 17.3 Å². The number of carbonyl (C=O) groups is 3. The normalized spacial score (nSPS) is 15.7. The van der Waals surface area contributed by atoms with Crippen molar-refractivity contribution in [3.05, 3.63) is 46.7 Å². The van der Waals surface area contributed by atoms with Crippen LogP contribution < -0.4 is 4.90 Å². The molecule has 14 heteroatoms. The average Bonchev–Trinajstić information content (AvgIpc) is 3.38. The molecular weight excluding hydrogens is 614 g/mol. The Morgan fingerprint density at radius 2 is 1.67 bits per heavy atom. The van der Waals surface area contributed by atoms with Crippen molar-refractivity contribution in [2.45, 2.75) is 58.8 Å². The van der Waals surface area contributed by atoms with E-state index in [1.165, 1.54) is 11.1 Å². The lowest BCUT2D eigenvalue weighted by Gasteiger charge is -2.33. The fourth-order valence-electron chi connectivity index (χ4n) is 4.06. The first-order valence-electron chi connectivity index (χ1n) is 13.1. The summed E-state index contributed by atoms with van der Waals surface area (Å²) < 4.78 is 22.4. The highest BCUT2D eigenvalue weighted by Gasteiger charge is 2.37. The van der Waals surface area contributed by atoms with Gasteiger partial charge in [0.2, 0.25) is 0 Å². The van der Waals surface area contributed by atoms with E-state index in [2.05, 4.69) is 31.1 Å². The SMILES string of the molecule is CC(C)(C)OC(=O)N(C(=O)OC(C)(C)C)c1ncc(Br)nc1-c1cc(-c2ccc([C@@H]3COCCN3C(=O)O)cc2)no1. The summed E-state index contributed by atoms with van der Waals surface area (Å²) in [6.07, 6.45) is -1.70. The van der Waals surface area contributed by atoms with Crippen LogP contribution in [-0.4, -0.2) is 74.4 Å². The Hall–Kier alpha value is -4.04. The Bertz CT molecular complexity index is 1430. The number of amides is 3. The van der Waals surface area contributed by atoms with Crippen LogP contribution in [0.3, 0.4) is 0 Å². The highest BCUT2D eigenvalue weighted by molar-refractivity contribution is 9.10. The standard InChI is InChI=1S/C28H32BrN5O8/c1-27(2,3)40-25(37)34(26(38)41-28(4,5)6)23-22(31-21(29)14-30-23)20-13-18(32-42-20)16-7-9-17(10-8-16)19-15-39-12-11-33(19)24(35)36/h7-10,13-14,19H,11-12,15H2,1-6H3,(H,35,36)/t19-/m0/s1. The number of carboxylic acid groups (broad SMARTS) is 1. The Morgan fingerprint density at radius 3 is 2.24 bits per heavy atom. The molecule has 0 unspecified atom stereocenters. The maximum Gasteiger partial charge on any atom is 0.425 e. The van der Waals surface area contributed by atoms with Crippen LogP contribution in [0.1, 0.15) is 53.1 Å². The zero-order valence-corrected chi connectivity index (χ0v) is 25.7. The Kier molecular flexibility index (Phi) is 8.87. The molecule has 1 aromatic carbocycles. The van der Waals surface area contributed by atoms with Crippen LogP contribution >= 0.6 is 15.9 Å². The number of anilines is 1. The molecule has 4 rings (SSSR count). The molecule has 0 radical (unpaired) electrons. The molecule has 3 aromatic rings. The van der Waals surface area contributed by atoms with E-state index in [1.54, 1.807) is 71.9 Å². The van der Waals surface area contributed by atoms with Gasteiger partial charge in [0.05, 0.1) is 25.5 Å². The van der Waals surface area contributed by atoms with Gasteiger partial charge in [0.25, 0.3) is 0 Å². The maximum absolute atomic E-state index is 13.2. The summed E-state index contributed by atoms with van der Waals surface area (Å²) in [5.74, 6) is -0.0569. The minimum absolute atomic E-state index is 0.0351. The summed E-state index contributed by atoms with van der Waals surface area (Å²) in [5.41, 5.74) is 0.0742. The van der Waals surface area contributed by atoms with E-state index in [1.807, 2.05) is 0 Å². The quantitative estimate of drug-likeness (QED) is 0.340. The van der Waals surface area contributed by atoms with Crippen molar-refractivity contribution < 1.29 is 38.2 Å². The zero-order valence-electron chi connectivity index (χ0n) is 24.1. The molecule has 3 heterocycles. The van der Waals surface area contributed by atoms with E-state index in [9.17, 15) is 19.5 Å². The molecule has 0 saturated carbocycles. The number of hydrogen-bond acceptors (Lipinski definition) is 10. The van der Waals surface area contributed by atoms with Crippen molar-refractivity contribution in [2.24, 2.45) is 0 Å². The van der Waals surface area contributed by atoms with E-state index in [4.69, 9.17) is 18.7 Å². The van der Waals surface area contributed by atoms with E-state index in [-0.39, 0.29) is 30.4 Å². The predicted molar refractivity (Wildman–Crippen MR) is 154 cm³/mol. The third-order valence-electron chi connectivity index (χ3n) is 5.80. The summed E-state index contributed by atoms with van der Waals surface area (Å²) in [5, 5.41) is 13.7. The van der Waals surface area contributed by atoms with Crippen molar-refractivity contribution in [1.29, 1.82) is 0 Å². The molecule has 0 spiro atoms. The van der Waals surface area contributed by atoms with Crippen LogP contribution in [0, 0.1) is 0 Å². The third-order valence-corrected chi connectivity index (χ3v) is 6.18. The lowest BCUT2D eigenvalue weighted by atomic mass is 10.0.